The first-order chi connectivity index (χ1) is 9.83. The number of hydrogen-bond acceptors (Lipinski definition) is 5. The molecule has 0 aromatic carbocycles. The molecule has 0 amide bonds. The van der Waals surface area contributed by atoms with Crippen LogP contribution in [-0.2, 0) is 0 Å². The monoisotopic (exact) mass is 274 g/mol. The van der Waals surface area contributed by atoms with E-state index in [2.05, 4.69) is 39.2 Å². The zero-order chi connectivity index (χ0) is 13.9. The van der Waals surface area contributed by atoms with Gasteiger partial charge in [0.25, 0.3) is 0 Å². The highest BCUT2D eigenvalue weighted by atomic mass is 15.3. The van der Waals surface area contributed by atoms with E-state index in [1.54, 1.807) is 0 Å². The number of aromatic amines is 1. The highest BCUT2D eigenvalue weighted by Crippen LogP contribution is 2.30. The first kappa shape index (κ1) is 13.1. The summed E-state index contributed by atoms with van der Waals surface area (Å²) in [5, 5.41) is 11.3. The first-order valence-corrected chi connectivity index (χ1v) is 7.55. The number of piperidine rings is 1. The van der Waals surface area contributed by atoms with E-state index in [4.69, 9.17) is 4.98 Å². The molecule has 108 valence electrons. The van der Waals surface area contributed by atoms with Gasteiger partial charge in [0.15, 0.2) is 5.65 Å². The molecule has 2 aromatic heterocycles. The van der Waals surface area contributed by atoms with Crippen LogP contribution in [0.15, 0.2) is 6.20 Å². The number of anilines is 2. The van der Waals surface area contributed by atoms with E-state index >= 15 is 0 Å². The minimum atomic E-state index is 0.575. The second-order valence-corrected chi connectivity index (χ2v) is 5.28. The first-order valence-electron chi connectivity index (χ1n) is 7.55. The number of nitrogens with one attached hydrogen (secondary N) is 2. The van der Waals surface area contributed by atoms with Crippen LogP contribution in [0, 0.1) is 0 Å². The van der Waals surface area contributed by atoms with Crippen LogP contribution in [0.4, 0.5) is 11.8 Å². The summed E-state index contributed by atoms with van der Waals surface area (Å²) < 4.78 is 0. The zero-order valence-corrected chi connectivity index (χ0v) is 12.2. The zero-order valence-electron chi connectivity index (χ0n) is 12.2. The van der Waals surface area contributed by atoms with Crippen LogP contribution in [-0.4, -0.2) is 39.3 Å². The maximum atomic E-state index is 4.73. The highest BCUT2D eigenvalue weighted by molar-refractivity contribution is 5.87. The normalized spacial score (nSPS) is 19.5. The molecule has 0 spiro atoms. The van der Waals surface area contributed by atoms with Crippen LogP contribution in [0.25, 0.3) is 11.0 Å². The molecule has 3 rings (SSSR count). The lowest BCUT2D eigenvalue weighted by Gasteiger charge is -2.36. The van der Waals surface area contributed by atoms with E-state index in [1.807, 2.05) is 6.20 Å². The molecule has 1 aliphatic rings. The number of nitrogens with zero attached hydrogens (tertiary/aromatic N) is 4. The number of fused-ring (bicyclic) bond motifs is 1. The molecule has 2 N–H and O–H groups in total. The average molecular weight is 274 g/mol. The third-order valence-electron chi connectivity index (χ3n) is 3.99. The van der Waals surface area contributed by atoms with Gasteiger partial charge in [-0.2, -0.15) is 15.1 Å². The van der Waals surface area contributed by atoms with Crippen LogP contribution in [0.5, 0.6) is 0 Å². The maximum absolute atomic E-state index is 4.73. The largest absolute Gasteiger partial charge is 0.354 e. The summed E-state index contributed by atoms with van der Waals surface area (Å²) >= 11 is 0. The fourth-order valence-electron chi connectivity index (χ4n) is 2.98. The van der Waals surface area contributed by atoms with Gasteiger partial charge in [0, 0.05) is 19.1 Å². The van der Waals surface area contributed by atoms with Crippen molar-refractivity contribution in [2.45, 2.75) is 45.6 Å². The van der Waals surface area contributed by atoms with Crippen LogP contribution in [0.2, 0.25) is 0 Å². The molecular weight excluding hydrogens is 252 g/mol. The molecule has 0 bridgehead atoms. The summed E-state index contributed by atoms with van der Waals surface area (Å²) in [6.45, 7) is 6.19. The van der Waals surface area contributed by atoms with Crippen molar-refractivity contribution in [3.63, 3.8) is 0 Å². The van der Waals surface area contributed by atoms with Gasteiger partial charge in [0.05, 0.1) is 11.6 Å². The standard InChI is InChI=1S/C14H22N6/c1-3-10-7-5-6-8-20(10)13-11-9-16-19-12(11)17-14(18-13)15-4-2/h9-10H,3-8H2,1-2H3,(H2,15,16,17,18,19). The molecule has 6 nitrogen and oxygen atoms in total. The van der Waals surface area contributed by atoms with E-state index in [0.29, 0.717) is 12.0 Å². The Bertz CT molecular complexity index is 578. The van der Waals surface area contributed by atoms with Crippen molar-refractivity contribution in [3.8, 4) is 0 Å². The van der Waals surface area contributed by atoms with Gasteiger partial charge in [0.2, 0.25) is 5.95 Å². The van der Waals surface area contributed by atoms with Crippen molar-refractivity contribution >= 4 is 22.8 Å². The van der Waals surface area contributed by atoms with Gasteiger partial charge >= 0.3 is 0 Å². The van der Waals surface area contributed by atoms with Crippen molar-refractivity contribution in [1.29, 1.82) is 0 Å². The maximum Gasteiger partial charge on any atom is 0.226 e. The smallest absolute Gasteiger partial charge is 0.226 e. The van der Waals surface area contributed by atoms with E-state index in [-0.39, 0.29) is 0 Å². The van der Waals surface area contributed by atoms with Crippen LogP contribution >= 0.6 is 0 Å². The Labute approximate surface area is 119 Å². The fraction of sp³-hybridized carbons (Fsp3) is 0.643. The van der Waals surface area contributed by atoms with Gasteiger partial charge in [-0.05, 0) is 32.6 Å². The lowest BCUT2D eigenvalue weighted by Crippen LogP contribution is -2.39. The molecule has 6 heteroatoms. The minimum Gasteiger partial charge on any atom is -0.354 e. The number of aromatic nitrogens is 4. The van der Waals surface area contributed by atoms with Crippen molar-refractivity contribution in [2.24, 2.45) is 0 Å². The molecule has 1 saturated heterocycles. The molecule has 1 aliphatic heterocycles. The van der Waals surface area contributed by atoms with E-state index in [1.165, 1.54) is 19.3 Å². The quantitative estimate of drug-likeness (QED) is 0.896. The van der Waals surface area contributed by atoms with Crippen molar-refractivity contribution in [3.05, 3.63) is 6.20 Å². The van der Waals surface area contributed by atoms with Gasteiger partial charge < -0.3 is 10.2 Å². The Kier molecular flexibility index (Phi) is 3.71. The van der Waals surface area contributed by atoms with E-state index in [9.17, 15) is 0 Å². The van der Waals surface area contributed by atoms with E-state index < -0.39 is 0 Å². The second-order valence-electron chi connectivity index (χ2n) is 5.28. The number of H-pyrrole nitrogens is 1. The predicted octanol–water partition coefficient (Wildman–Crippen LogP) is 2.55. The van der Waals surface area contributed by atoms with Gasteiger partial charge in [-0.25, -0.2) is 0 Å². The van der Waals surface area contributed by atoms with Crippen molar-refractivity contribution in [2.75, 3.05) is 23.3 Å². The Morgan fingerprint density at radius 1 is 1.35 bits per heavy atom. The third kappa shape index (κ3) is 2.30. The molecule has 3 heterocycles. The van der Waals surface area contributed by atoms with Crippen LogP contribution < -0.4 is 10.2 Å². The summed E-state index contributed by atoms with van der Waals surface area (Å²) in [4.78, 5) is 11.6. The number of rotatable bonds is 4. The average Bonchev–Trinajstić information content (AvgIpc) is 2.95. The third-order valence-corrected chi connectivity index (χ3v) is 3.99. The Balaban J connectivity index is 2.05. The van der Waals surface area contributed by atoms with E-state index in [0.717, 1.165) is 36.4 Å². The molecule has 1 fully saturated rings. The van der Waals surface area contributed by atoms with Gasteiger partial charge in [0.1, 0.15) is 5.82 Å². The summed E-state index contributed by atoms with van der Waals surface area (Å²) in [6.07, 6.45) is 6.78. The summed E-state index contributed by atoms with van der Waals surface area (Å²) in [5.41, 5.74) is 0.811. The lowest BCUT2D eigenvalue weighted by molar-refractivity contribution is 0.448. The van der Waals surface area contributed by atoms with Crippen LogP contribution in [0.1, 0.15) is 39.5 Å². The van der Waals surface area contributed by atoms with Gasteiger partial charge in [-0.3, -0.25) is 5.10 Å². The molecule has 0 aliphatic carbocycles. The Morgan fingerprint density at radius 2 is 2.25 bits per heavy atom. The SMILES string of the molecule is CCNc1nc(N2CCCCC2CC)c2cn[nH]c2n1. The predicted molar refractivity (Wildman–Crippen MR) is 81.1 cm³/mol. The summed E-state index contributed by atoms with van der Waals surface area (Å²) in [5.74, 6) is 1.70. The fourth-order valence-corrected chi connectivity index (χ4v) is 2.98. The summed E-state index contributed by atoms with van der Waals surface area (Å²) in [7, 11) is 0. The number of hydrogen-bond donors (Lipinski definition) is 2. The Morgan fingerprint density at radius 3 is 3.05 bits per heavy atom. The van der Waals surface area contributed by atoms with Crippen molar-refractivity contribution < 1.29 is 0 Å². The molecule has 1 unspecified atom stereocenters. The molecule has 0 saturated carbocycles. The second kappa shape index (κ2) is 5.64. The topological polar surface area (TPSA) is 69.7 Å². The highest BCUT2D eigenvalue weighted by Gasteiger charge is 2.25. The Hall–Kier alpha value is -1.85. The van der Waals surface area contributed by atoms with Gasteiger partial charge in [-0.15, -0.1) is 0 Å². The van der Waals surface area contributed by atoms with Crippen molar-refractivity contribution in [1.82, 2.24) is 20.2 Å². The van der Waals surface area contributed by atoms with Crippen LogP contribution in [0.3, 0.4) is 0 Å². The van der Waals surface area contributed by atoms with Gasteiger partial charge in [-0.1, -0.05) is 6.92 Å². The molecular formula is C14H22N6. The summed E-state index contributed by atoms with van der Waals surface area (Å²) in [6, 6.07) is 0.575. The molecule has 2 aromatic rings. The molecule has 0 radical (unpaired) electrons. The molecule has 1 atom stereocenters. The minimum absolute atomic E-state index is 0.575. The lowest BCUT2D eigenvalue weighted by atomic mass is 10.00. The molecule has 20 heavy (non-hydrogen) atoms.